The van der Waals surface area contributed by atoms with Crippen LogP contribution in [0.1, 0.15) is 49.4 Å². The van der Waals surface area contributed by atoms with E-state index in [9.17, 15) is 13.6 Å². The number of pyridine rings is 1. The summed E-state index contributed by atoms with van der Waals surface area (Å²) in [5, 5.41) is 2.79. The number of halogens is 2. The van der Waals surface area contributed by atoms with E-state index >= 15 is 0 Å². The van der Waals surface area contributed by atoms with Crippen LogP contribution in [-0.2, 0) is 14.9 Å². The zero-order valence-electron chi connectivity index (χ0n) is 17.5. The summed E-state index contributed by atoms with van der Waals surface area (Å²) in [6.07, 6.45) is 2.63. The van der Waals surface area contributed by atoms with Gasteiger partial charge in [-0.3, -0.25) is 4.79 Å². The first kappa shape index (κ1) is 21.7. The van der Waals surface area contributed by atoms with Gasteiger partial charge in [-0.25, -0.2) is 4.98 Å². The predicted molar refractivity (Wildman–Crippen MR) is 111 cm³/mol. The molecule has 30 heavy (non-hydrogen) atoms. The van der Waals surface area contributed by atoms with Gasteiger partial charge < -0.3 is 14.8 Å². The number of ether oxygens (including phenoxy) is 2. The molecule has 5 nitrogen and oxygen atoms in total. The fraction of sp³-hybridized carbons (Fsp3) is 0.391. The topological polar surface area (TPSA) is 60.5 Å². The molecule has 0 bridgehead atoms. The van der Waals surface area contributed by atoms with Crippen LogP contribution in [0.25, 0.3) is 0 Å². The maximum absolute atomic E-state index is 13.5. The van der Waals surface area contributed by atoms with Crippen LogP contribution in [0, 0.1) is 6.92 Å². The lowest BCUT2D eigenvalue weighted by Crippen LogP contribution is -2.48. The second-order valence-corrected chi connectivity index (χ2v) is 7.83. The zero-order valence-corrected chi connectivity index (χ0v) is 17.5. The number of amides is 1. The Bertz CT molecular complexity index is 949. The highest BCUT2D eigenvalue weighted by Gasteiger charge is 2.50. The van der Waals surface area contributed by atoms with Gasteiger partial charge in [0.15, 0.2) is 0 Å². The number of benzene rings is 1. The number of nitrogens with one attached hydrogen (secondary N) is 1. The molecule has 0 atom stereocenters. The van der Waals surface area contributed by atoms with Crippen molar-refractivity contribution in [1.82, 2.24) is 4.98 Å². The van der Waals surface area contributed by atoms with Crippen LogP contribution in [0.4, 0.5) is 14.5 Å². The number of alkyl halides is 2. The van der Waals surface area contributed by atoms with Crippen molar-refractivity contribution in [2.75, 3.05) is 12.4 Å². The van der Waals surface area contributed by atoms with E-state index in [1.54, 1.807) is 26.4 Å². The second-order valence-electron chi connectivity index (χ2n) is 7.83. The SMILES string of the molecule is COC=C1CC(C(=O)Nc2ccc(C)nc2OC(F)F)(c2ccccc2C(C)C)C1. The predicted octanol–water partition coefficient (Wildman–Crippen LogP) is 5.32. The van der Waals surface area contributed by atoms with E-state index in [4.69, 9.17) is 4.74 Å². The molecule has 2 aromatic rings. The molecule has 7 heteroatoms. The maximum atomic E-state index is 13.5. The van der Waals surface area contributed by atoms with Gasteiger partial charge in [-0.05, 0) is 54.5 Å². The van der Waals surface area contributed by atoms with Crippen LogP contribution in [0.15, 0.2) is 48.2 Å². The van der Waals surface area contributed by atoms with Crippen LogP contribution in [0.2, 0.25) is 0 Å². The number of hydrogen-bond donors (Lipinski definition) is 1. The summed E-state index contributed by atoms with van der Waals surface area (Å²) in [7, 11) is 1.57. The summed E-state index contributed by atoms with van der Waals surface area (Å²) >= 11 is 0. The molecule has 1 saturated carbocycles. The Hall–Kier alpha value is -2.96. The number of aromatic nitrogens is 1. The van der Waals surface area contributed by atoms with Crippen molar-refractivity contribution in [3.8, 4) is 5.88 Å². The van der Waals surface area contributed by atoms with Gasteiger partial charge >= 0.3 is 6.61 Å². The van der Waals surface area contributed by atoms with E-state index in [2.05, 4.69) is 28.9 Å². The summed E-state index contributed by atoms with van der Waals surface area (Å²) in [6, 6.07) is 11.0. The average Bonchev–Trinajstić information content (AvgIpc) is 2.66. The Morgan fingerprint density at radius 3 is 2.53 bits per heavy atom. The quantitative estimate of drug-likeness (QED) is 0.621. The monoisotopic (exact) mass is 416 g/mol. The molecule has 1 aliphatic carbocycles. The van der Waals surface area contributed by atoms with Gasteiger partial charge in [-0.1, -0.05) is 38.1 Å². The lowest BCUT2D eigenvalue weighted by Gasteiger charge is -2.44. The Balaban J connectivity index is 1.99. The highest BCUT2D eigenvalue weighted by Crippen LogP contribution is 2.50. The summed E-state index contributed by atoms with van der Waals surface area (Å²) in [4.78, 5) is 17.5. The second kappa shape index (κ2) is 8.81. The summed E-state index contributed by atoms with van der Waals surface area (Å²) in [5.41, 5.74) is 2.83. The third-order valence-electron chi connectivity index (χ3n) is 5.32. The molecule has 0 aliphatic heterocycles. The number of carbonyl (C=O) groups excluding carboxylic acids is 1. The Labute approximate surface area is 175 Å². The van der Waals surface area contributed by atoms with Crippen molar-refractivity contribution >= 4 is 11.6 Å². The van der Waals surface area contributed by atoms with Gasteiger partial charge in [-0.2, -0.15) is 8.78 Å². The van der Waals surface area contributed by atoms with Crippen LogP contribution >= 0.6 is 0 Å². The average molecular weight is 416 g/mol. The zero-order chi connectivity index (χ0) is 21.9. The number of aryl methyl sites for hydroxylation is 1. The minimum absolute atomic E-state index is 0.122. The Morgan fingerprint density at radius 2 is 1.90 bits per heavy atom. The summed E-state index contributed by atoms with van der Waals surface area (Å²) in [5.74, 6) is -0.355. The largest absolute Gasteiger partial charge is 0.504 e. The highest BCUT2D eigenvalue weighted by molar-refractivity contribution is 6.02. The molecule has 0 radical (unpaired) electrons. The van der Waals surface area contributed by atoms with Gasteiger partial charge in [-0.15, -0.1) is 0 Å². The number of methoxy groups -OCH3 is 1. The van der Waals surface area contributed by atoms with Crippen molar-refractivity contribution in [3.05, 3.63) is 65.1 Å². The molecule has 1 N–H and O–H groups in total. The minimum Gasteiger partial charge on any atom is -0.504 e. The lowest BCUT2D eigenvalue weighted by molar-refractivity contribution is -0.123. The molecule has 3 rings (SSSR count). The number of hydrogen-bond acceptors (Lipinski definition) is 4. The van der Waals surface area contributed by atoms with Crippen molar-refractivity contribution < 1.29 is 23.0 Å². The van der Waals surface area contributed by atoms with E-state index in [-0.39, 0.29) is 23.4 Å². The third-order valence-corrected chi connectivity index (χ3v) is 5.32. The molecule has 0 unspecified atom stereocenters. The molecule has 160 valence electrons. The van der Waals surface area contributed by atoms with E-state index < -0.39 is 12.0 Å². The van der Waals surface area contributed by atoms with E-state index in [1.165, 1.54) is 6.07 Å². The molecule has 1 aromatic heterocycles. The van der Waals surface area contributed by atoms with Gasteiger partial charge in [0.25, 0.3) is 0 Å². The van der Waals surface area contributed by atoms with Crippen LogP contribution in [0.3, 0.4) is 0 Å². The number of rotatable bonds is 7. The Kier molecular flexibility index (Phi) is 6.39. The van der Waals surface area contributed by atoms with Crippen LogP contribution < -0.4 is 10.1 Å². The molecule has 1 aliphatic rings. The minimum atomic E-state index is -3.04. The molecule has 1 aromatic carbocycles. The standard InChI is InChI=1S/C23H26F2N2O3/c1-14(2)17-7-5-6-8-18(17)23(11-16(12-23)13-29-4)21(28)27-19-10-9-15(3)26-20(19)30-22(24)25/h5-10,13-14,22H,11-12H2,1-4H3,(H,27,28). The fourth-order valence-corrected chi connectivity index (χ4v) is 3.93. The first-order chi connectivity index (χ1) is 14.3. The number of allylic oxidation sites excluding steroid dienone is 1. The number of nitrogens with zero attached hydrogens (tertiary/aromatic N) is 1. The molecule has 0 spiro atoms. The fourth-order valence-electron chi connectivity index (χ4n) is 3.93. The van der Waals surface area contributed by atoms with Crippen molar-refractivity contribution in [2.45, 2.75) is 51.6 Å². The van der Waals surface area contributed by atoms with Crippen molar-refractivity contribution in [3.63, 3.8) is 0 Å². The van der Waals surface area contributed by atoms with E-state index in [1.807, 2.05) is 24.3 Å². The smallest absolute Gasteiger partial charge is 0.388 e. The van der Waals surface area contributed by atoms with Crippen molar-refractivity contribution in [2.24, 2.45) is 0 Å². The normalized spacial score (nSPS) is 18.2. The number of carbonyl (C=O) groups is 1. The van der Waals surface area contributed by atoms with E-state index in [0.717, 1.165) is 16.7 Å². The highest BCUT2D eigenvalue weighted by atomic mass is 19.3. The van der Waals surface area contributed by atoms with Crippen molar-refractivity contribution in [1.29, 1.82) is 0 Å². The van der Waals surface area contributed by atoms with Gasteiger partial charge in [0.2, 0.25) is 11.8 Å². The first-order valence-electron chi connectivity index (χ1n) is 9.81. The molecule has 0 saturated heterocycles. The van der Waals surface area contributed by atoms with Gasteiger partial charge in [0.1, 0.15) is 5.69 Å². The maximum Gasteiger partial charge on any atom is 0.388 e. The molecular weight excluding hydrogens is 390 g/mol. The number of anilines is 1. The molecule has 1 amide bonds. The summed E-state index contributed by atoms with van der Waals surface area (Å²) in [6.45, 7) is 2.78. The van der Waals surface area contributed by atoms with Gasteiger partial charge in [0, 0.05) is 5.69 Å². The molecule has 1 fully saturated rings. The third kappa shape index (κ3) is 4.30. The molecular formula is C23H26F2N2O3. The van der Waals surface area contributed by atoms with Crippen LogP contribution in [0.5, 0.6) is 5.88 Å². The Morgan fingerprint density at radius 1 is 1.20 bits per heavy atom. The van der Waals surface area contributed by atoms with Gasteiger partial charge in [0.05, 0.1) is 18.8 Å². The lowest BCUT2D eigenvalue weighted by atomic mass is 9.59. The summed E-state index contributed by atoms with van der Waals surface area (Å²) < 4.78 is 35.3. The molecule has 1 heterocycles. The van der Waals surface area contributed by atoms with Crippen LogP contribution in [-0.4, -0.2) is 24.6 Å². The van der Waals surface area contributed by atoms with E-state index in [0.29, 0.717) is 18.5 Å². The first-order valence-corrected chi connectivity index (χ1v) is 9.81.